The first-order valence-corrected chi connectivity index (χ1v) is 6.63. The van der Waals surface area contributed by atoms with Crippen molar-refractivity contribution in [2.24, 2.45) is 0 Å². The minimum atomic E-state index is -0.608. The van der Waals surface area contributed by atoms with Crippen LogP contribution in [0.2, 0.25) is 0 Å². The third-order valence-electron chi connectivity index (χ3n) is 2.50. The predicted molar refractivity (Wildman–Crippen MR) is 66.4 cm³/mol. The molecule has 1 N–H and O–H groups in total. The van der Waals surface area contributed by atoms with E-state index in [0.717, 1.165) is 17.7 Å². The second-order valence-electron chi connectivity index (χ2n) is 3.88. The fraction of sp³-hybridized carbons (Fsp3) is 0.385. The molecule has 0 saturated heterocycles. The molecule has 0 amide bonds. The zero-order valence-corrected chi connectivity index (χ0v) is 10.3. The van der Waals surface area contributed by atoms with Gasteiger partial charge in [-0.3, -0.25) is 0 Å². The molecular weight excluding hydrogens is 239 g/mol. The monoisotopic (exact) mass is 254 g/mol. The lowest BCUT2D eigenvalue weighted by molar-refractivity contribution is 0.104. The van der Waals surface area contributed by atoms with E-state index in [4.69, 9.17) is 4.74 Å². The van der Waals surface area contributed by atoms with Gasteiger partial charge in [0.2, 0.25) is 0 Å². The number of aliphatic hydroxyl groups is 1. The molecule has 0 saturated carbocycles. The van der Waals surface area contributed by atoms with Gasteiger partial charge in [-0.05, 0) is 37.1 Å². The van der Waals surface area contributed by atoms with Crippen LogP contribution in [0.15, 0.2) is 41.0 Å². The minimum absolute atomic E-state index is 0.252. The van der Waals surface area contributed by atoms with E-state index in [2.05, 4.69) is 0 Å². The van der Waals surface area contributed by atoms with Gasteiger partial charge in [0.25, 0.3) is 0 Å². The molecular formula is C13H15FO2S. The van der Waals surface area contributed by atoms with Crippen LogP contribution in [0.3, 0.4) is 0 Å². The summed E-state index contributed by atoms with van der Waals surface area (Å²) in [6.45, 7) is 0.674. The zero-order chi connectivity index (χ0) is 12.1. The Morgan fingerprint density at radius 3 is 3.06 bits per heavy atom. The molecule has 1 unspecified atom stereocenters. The third-order valence-corrected chi connectivity index (χ3v) is 3.56. The average Bonchev–Trinajstić information content (AvgIpc) is 2.37. The van der Waals surface area contributed by atoms with Crippen LogP contribution in [0.5, 0.6) is 0 Å². The molecule has 0 bridgehead atoms. The predicted octanol–water partition coefficient (Wildman–Crippen LogP) is 2.97. The molecule has 0 radical (unpaired) electrons. The van der Waals surface area contributed by atoms with Crippen LogP contribution < -0.4 is 0 Å². The Kier molecular flexibility index (Phi) is 4.45. The Morgan fingerprint density at radius 2 is 2.35 bits per heavy atom. The number of allylic oxidation sites excluding steroid dienone is 1. The Labute approximate surface area is 104 Å². The van der Waals surface area contributed by atoms with Crippen molar-refractivity contribution in [2.75, 3.05) is 12.4 Å². The summed E-state index contributed by atoms with van der Waals surface area (Å²) in [7, 11) is 0. The molecule has 2 rings (SSSR count). The lowest BCUT2D eigenvalue weighted by Gasteiger charge is -2.19. The minimum Gasteiger partial charge on any atom is -0.495 e. The average molecular weight is 254 g/mol. The Bertz CT molecular complexity index is 406. The number of aliphatic hydroxyl groups excluding tert-OH is 1. The quantitative estimate of drug-likeness (QED) is 0.838. The molecule has 0 fully saturated rings. The van der Waals surface area contributed by atoms with Gasteiger partial charge in [-0.15, -0.1) is 11.8 Å². The molecule has 92 valence electrons. The third kappa shape index (κ3) is 3.75. The number of rotatable bonds is 4. The van der Waals surface area contributed by atoms with Crippen molar-refractivity contribution in [3.05, 3.63) is 41.9 Å². The number of benzene rings is 1. The highest BCUT2D eigenvalue weighted by molar-refractivity contribution is 7.99. The highest BCUT2D eigenvalue weighted by atomic mass is 32.2. The summed E-state index contributed by atoms with van der Waals surface area (Å²) in [5, 5.41) is 9.90. The van der Waals surface area contributed by atoms with Gasteiger partial charge < -0.3 is 9.84 Å². The van der Waals surface area contributed by atoms with E-state index in [0.29, 0.717) is 18.1 Å². The number of thioether (sulfide) groups is 1. The normalized spacial score (nSPS) is 17.2. The van der Waals surface area contributed by atoms with Crippen LogP contribution in [0.4, 0.5) is 4.39 Å². The summed E-state index contributed by atoms with van der Waals surface area (Å²) >= 11 is 1.43. The van der Waals surface area contributed by atoms with Gasteiger partial charge in [-0.1, -0.05) is 6.07 Å². The summed E-state index contributed by atoms with van der Waals surface area (Å²) in [6.07, 6.45) is 3.29. The van der Waals surface area contributed by atoms with Crippen LogP contribution in [-0.2, 0) is 4.74 Å². The Balaban J connectivity index is 1.87. The standard InChI is InChI=1S/C13H15FO2S/c14-10-4-3-5-11(8-10)17-9-12(15)13-6-1-2-7-16-13/h3-6,8,12,15H,1-2,7,9H2. The van der Waals surface area contributed by atoms with Crippen molar-refractivity contribution >= 4 is 11.8 Å². The van der Waals surface area contributed by atoms with Crippen LogP contribution >= 0.6 is 11.8 Å². The van der Waals surface area contributed by atoms with Gasteiger partial charge in [-0.25, -0.2) is 4.39 Å². The number of hydrogen-bond acceptors (Lipinski definition) is 3. The van der Waals surface area contributed by atoms with E-state index in [1.165, 1.54) is 23.9 Å². The Morgan fingerprint density at radius 1 is 1.47 bits per heavy atom. The number of ether oxygens (including phenoxy) is 1. The summed E-state index contributed by atoms with van der Waals surface area (Å²) in [5.74, 6) is 0.882. The maximum Gasteiger partial charge on any atom is 0.124 e. The van der Waals surface area contributed by atoms with E-state index in [9.17, 15) is 9.50 Å². The molecule has 0 aromatic heterocycles. The van der Waals surface area contributed by atoms with Gasteiger partial charge in [0.1, 0.15) is 17.7 Å². The van der Waals surface area contributed by atoms with Crippen LogP contribution in [0.1, 0.15) is 12.8 Å². The summed E-state index contributed by atoms with van der Waals surface area (Å²) < 4.78 is 18.3. The lowest BCUT2D eigenvalue weighted by Crippen LogP contribution is -2.18. The molecule has 1 aliphatic heterocycles. The molecule has 1 atom stereocenters. The maximum atomic E-state index is 12.9. The lowest BCUT2D eigenvalue weighted by atomic mass is 10.2. The van der Waals surface area contributed by atoms with E-state index in [1.54, 1.807) is 6.07 Å². The van der Waals surface area contributed by atoms with E-state index in [-0.39, 0.29) is 5.82 Å². The van der Waals surface area contributed by atoms with Crippen molar-refractivity contribution in [3.8, 4) is 0 Å². The molecule has 1 heterocycles. The van der Waals surface area contributed by atoms with Crippen LogP contribution in [0.25, 0.3) is 0 Å². The summed E-state index contributed by atoms with van der Waals surface area (Å²) in [5.41, 5.74) is 0. The summed E-state index contributed by atoms with van der Waals surface area (Å²) in [6, 6.07) is 6.37. The van der Waals surface area contributed by atoms with Gasteiger partial charge in [-0.2, -0.15) is 0 Å². The molecule has 4 heteroatoms. The topological polar surface area (TPSA) is 29.5 Å². The van der Waals surface area contributed by atoms with Gasteiger partial charge in [0.15, 0.2) is 0 Å². The zero-order valence-electron chi connectivity index (χ0n) is 9.43. The van der Waals surface area contributed by atoms with E-state index in [1.807, 2.05) is 12.1 Å². The van der Waals surface area contributed by atoms with Crippen molar-refractivity contribution in [2.45, 2.75) is 23.8 Å². The first-order chi connectivity index (χ1) is 8.25. The van der Waals surface area contributed by atoms with E-state index >= 15 is 0 Å². The molecule has 0 spiro atoms. The molecule has 1 aliphatic rings. The molecule has 1 aromatic carbocycles. The second-order valence-corrected chi connectivity index (χ2v) is 4.97. The smallest absolute Gasteiger partial charge is 0.124 e. The second kappa shape index (κ2) is 6.07. The molecule has 0 aliphatic carbocycles. The van der Waals surface area contributed by atoms with Gasteiger partial charge in [0.05, 0.1) is 6.61 Å². The maximum absolute atomic E-state index is 12.9. The summed E-state index contributed by atoms with van der Waals surface area (Å²) in [4.78, 5) is 0.820. The fourth-order valence-corrected chi connectivity index (χ4v) is 2.51. The number of hydrogen-bond donors (Lipinski definition) is 1. The molecule has 2 nitrogen and oxygen atoms in total. The van der Waals surface area contributed by atoms with Crippen LogP contribution in [0, 0.1) is 5.82 Å². The van der Waals surface area contributed by atoms with Gasteiger partial charge >= 0.3 is 0 Å². The first kappa shape index (κ1) is 12.5. The van der Waals surface area contributed by atoms with Gasteiger partial charge in [0, 0.05) is 10.6 Å². The van der Waals surface area contributed by atoms with Crippen LogP contribution in [-0.4, -0.2) is 23.6 Å². The number of halogens is 1. The fourth-order valence-electron chi connectivity index (χ4n) is 1.62. The molecule has 17 heavy (non-hydrogen) atoms. The molecule has 1 aromatic rings. The van der Waals surface area contributed by atoms with Crippen molar-refractivity contribution < 1.29 is 14.2 Å². The van der Waals surface area contributed by atoms with Crippen molar-refractivity contribution in [1.29, 1.82) is 0 Å². The first-order valence-electron chi connectivity index (χ1n) is 5.65. The Hall–Kier alpha value is -1.00. The van der Waals surface area contributed by atoms with Crippen molar-refractivity contribution in [3.63, 3.8) is 0 Å². The largest absolute Gasteiger partial charge is 0.495 e. The SMILES string of the molecule is OC(CSc1cccc(F)c1)C1=CCCCO1. The highest BCUT2D eigenvalue weighted by Crippen LogP contribution is 2.23. The van der Waals surface area contributed by atoms with E-state index < -0.39 is 6.10 Å². The highest BCUT2D eigenvalue weighted by Gasteiger charge is 2.15. The van der Waals surface area contributed by atoms with Crippen molar-refractivity contribution in [1.82, 2.24) is 0 Å².